The van der Waals surface area contributed by atoms with E-state index in [9.17, 15) is 24.0 Å². The molecule has 0 saturated carbocycles. The van der Waals surface area contributed by atoms with Crippen molar-refractivity contribution in [3.63, 3.8) is 0 Å². The third kappa shape index (κ3) is 14.1. The molecule has 1 aromatic heterocycles. The van der Waals surface area contributed by atoms with E-state index in [4.69, 9.17) is 9.47 Å². The molecule has 50 heavy (non-hydrogen) atoms. The van der Waals surface area contributed by atoms with Gasteiger partial charge in [-0.1, -0.05) is 55.5 Å². The number of amides is 5. The topological polar surface area (TPSA) is 177 Å². The van der Waals surface area contributed by atoms with Crippen LogP contribution in [0.3, 0.4) is 0 Å². The molecule has 0 aliphatic carbocycles. The number of para-hydroxylation sites is 1. The van der Waals surface area contributed by atoms with Crippen molar-refractivity contribution in [1.29, 1.82) is 0 Å². The summed E-state index contributed by atoms with van der Waals surface area (Å²) in [7, 11) is 0. The number of fused-ring (bicyclic) bond motifs is 1. The van der Waals surface area contributed by atoms with E-state index >= 15 is 0 Å². The zero-order valence-electron chi connectivity index (χ0n) is 29.9. The van der Waals surface area contributed by atoms with E-state index in [1.807, 2.05) is 61.5 Å². The normalized spacial score (nSPS) is 13.3. The molecule has 0 fully saturated rings. The van der Waals surface area contributed by atoms with E-state index in [0.29, 0.717) is 18.5 Å². The summed E-state index contributed by atoms with van der Waals surface area (Å²) in [6.07, 6.45) is 0.684. The summed E-state index contributed by atoms with van der Waals surface area (Å²) in [6, 6.07) is 15.8. The average Bonchev–Trinajstić information content (AvgIpc) is 3.03. The number of carbonyl (C=O) groups is 5. The SMILES string of the molecule is CCC(CNC(=O)OC(C)(C)C)NC(=O)C[C@H](NC(=O)OC(C)(C)C)C(=O)N[C@H](CCc1ccccc1)C(=O)Nc1cnc2ccccc2c1. The van der Waals surface area contributed by atoms with Crippen LogP contribution in [-0.4, -0.2) is 70.8 Å². The van der Waals surface area contributed by atoms with E-state index in [1.54, 1.807) is 47.6 Å². The van der Waals surface area contributed by atoms with Gasteiger partial charge in [0.15, 0.2) is 0 Å². The molecule has 1 heterocycles. The first-order chi connectivity index (χ1) is 23.5. The number of pyridine rings is 1. The minimum atomic E-state index is -1.39. The van der Waals surface area contributed by atoms with E-state index < -0.39 is 65.7 Å². The van der Waals surface area contributed by atoms with Gasteiger partial charge in [0.1, 0.15) is 23.3 Å². The number of aromatic nitrogens is 1. The molecule has 2 aromatic carbocycles. The maximum atomic E-state index is 13.8. The molecule has 3 aromatic rings. The first-order valence-corrected chi connectivity index (χ1v) is 16.8. The lowest BCUT2D eigenvalue weighted by molar-refractivity contribution is -0.130. The van der Waals surface area contributed by atoms with Gasteiger partial charge in [0, 0.05) is 18.0 Å². The highest BCUT2D eigenvalue weighted by atomic mass is 16.6. The predicted molar refractivity (Wildman–Crippen MR) is 191 cm³/mol. The molecule has 0 spiro atoms. The van der Waals surface area contributed by atoms with Gasteiger partial charge in [-0.05, 0) is 78.5 Å². The molecule has 0 aliphatic heterocycles. The molecule has 270 valence electrons. The van der Waals surface area contributed by atoms with Gasteiger partial charge in [0.2, 0.25) is 17.7 Å². The quantitative estimate of drug-likeness (QED) is 0.157. The van der Waals surface area contributed by atoms with Gasteiger partial charge in [-0.2, -0.15) is 0 Å². The number of hydrogen-bond acceptors (Lipinski definition) is 8. The number of rotatable bonds is 14. The summed E-state index contributed by atoms with van der Waals surface area (Å²) < 4.78 is 10.6. The van der Waals surface area contributed by atoms with E-state index in [-0.39, 0.29) is 13.0 Å². The van der Waals surface area contributed by atoms with Gasteiger partial charge < -0.3 is 36.1 Å². The maximum Gasteiger partial charge on any atom is 0.408 e. The highest BCUT2D eigenvalue weighted by Crippen LogP contribution is 2.17. The molecule has 13 heteroatoms. The molecule has 5 amide bonds. The Kier molecular flexibility index (Phi) is 14.1. The van der Waals surface area contributed by atoms with E-state index in [2.05, 4.69) is 31.6 Å². The van der Waals surface area contributed by atoms with E-state index in [1.165, 1.54) is 6.20 Å². The lowest BCUT2D eigenvalue weighted by Crippen LogP contribution is -2.55. The molecule has 1 unspecified atom stereocenters. The Morgan fingerprint density at radius 3 is 2.06 bits per heavy atom. The molecular weight excluding hydrogens is 640 g/mol. The largest absolute Gasteiger partial charge is 0.444 e. The zero-order valence-corrected chi connectivity index (χ0v) is 29.9. The number of nitrogens with zero attached hydrogens (tertiary/aromatic N) is 1. The van der Waals surface area contributed by atoms with Crippen LogP contribution in [0.15, 0.2) is 66.9 Å². The Hall–Kier alpha value is -5.20. The monoisotopic (exact) mass is 690 g/mol. The second-order valence-electron chi connectivity index (χ2n) is 13.9. The zero-order chi connectivity index (χ0) is 36.9. The summed E-state index contributed by atoms with van der Waals surface area (Å²) in [5, 5.41) is 14.3. The van der Waals surface area contributed by atoms with Gasteiger partial charge in [0.05, 0.1) is 23.8 Å². The number of ether oxygens (including phenoxy) is 2. The van der Waals surface area contributed by atoms with Crippen molar-refractivity contribution in [2.75, 3.05) is 11.9 Å². The third-order valence-corrected chi connectivity index (χ3v) is 7.20. The van der Waals surface area contributed by atoms with Crippen LogP contribution in [0.5, 0.6) is 0 Å². The van der Waals surface area contributed by atoms with Crippen LogP contribution in [0.25, 0.3) is 10.9 Å². The average molecular weight is 691 g/mol. The Labute approximate surface area is 293 Å². The van der Waals surface area contributed by atoms with Gasteiger partial charge in [-0.15, -0.1) is 0 Å². The number of benzene rings is 2. The molecule has 5 N–H and O–H groups in total. The number of hydrogen-bond donors (Lipinski definition) is 5. The molecule has 3 atom stereocenters. The van der Waals surface area contributed by atoms with Gasteiger partial charge in [-0.3, -0.25) is 19.4 Å². The fourth-order valence-electron chi connectivity index (χ4n) is 4.81. The van der Waals surface area contributed by atoms with Crippen LogP contribution in [0, 0.1) is 0 Å². The van der Waals surface area contributed by atoms with Crippen LogP contribution in [0.1, 0.15) is 73.3 Å². The number of nitrogens with one attached hydrogen (secondary N) is 5. The lowest BCUT2D eigenvalue weighted by atomic mass is 10.0. The smallest absolute Gasteiger partial charge is 0.408 e. The maximum absolute atomic E-state index is 13.8. The molecule has 3 rings (SSSR count). The van der Waals surface area contributed by atoms with Crippen molar-refractivity contribution in [2.45, 2.75) is 103 Å². The number of alkyl carbamates (subject to hydrolysis) is 2. The molecule has 0 radical (unpaired) electrons. The number of anilines is 1. The minimum Gasteiger partial charge on any atom is -0.444 e. The standard InChI is InChI=1S/C37H50N6O7/c1-8-26(22-39-34(47)49-36(2,3)4)40-31(44)21-30(43-35(48)50-37(5,6)7)33(46)42-29(19-18-24-14-10-9-11-15-24)32(45)41-27-20-25-16-12-13-17-28(25)38-23-27/h9-17,20,23,26,29-30H,8,18-19,21-22H2,1-7H3,(H,39,47)(H,40,44)(H,41,45)(H,42,46)(H,43,48)/t26?,29-,30+/m1/s1. The Morgan fingerprint density at radius 2 is 1.40 bits per heavy atom. The summed E-state index contributed by atoms with van der Waals surface area (Å²) in [5.74, 6) is -1.81. The lowest BCUT2D eigenvalue weighted by Gasteiger charge is -2.26. The first-order valence-electron chi connectivity index (χ1n) is 16.8. The van der Waals surface area contributed by atoms with E-state index in [0.717, 1.165) is 16.5 Å². The minimum absolute atomic E-state index is 0.0822. The predicted octanol–water partition coefficient (Wildman–Crippen LogP) is 4.99. The Morgan fingerprint density at radius 1 is 0.760 bits per heavy atom. The number of aryl methyl sites for hydroxylation is 1. The highest BCUT2D eigenvalue weighted by Gasteiger charge is 2.31. The Bertz CT molecular complexity index is 1620. The van der Waals surface area contributed by atoms with Crippen molar-refractivity contribution in [3.8, 4) is 0 Å². The second kappa shape index (κ2) is 18.0. The van der Waals surface area contributed by atoms with Crippen molar-refractivity contribution in [3.05, 3.63) is 72.4 Å². The Balaban J connectivity index is 1.78. The summed E-state index contributed by atoms with van der Waals surface area (Å²) in [5.41, 5.74) is 0.603. The highest BCUT2D eigenvalue weighted by molar-refractivity contribution is 6.00. The fraction of sp³-hybridized carbons (Fsp3) is 0.459. The van der Waals surface area contributed by atoms with Crippen LogP contribution >= 0.6 is 0 Å². The van der Waals surface area contributed by atoms with Gasteiger partial charge >= 0.3 is 12.2 Å². The third-order valence-electron chi connectivity index (χ3n) is 7.20. The summed E-state index contributed by atoms with van der Waals surface area (Å²) in [4.78, 5) is 70.1. The van der Waals surface area contributed by atoms with Crippen molar-refractivity contribution in [2.24, 2.45) is 0 Å². The van der Waals surface area contributed by atoms with Crippen molar-refractivity contribution >= 4 is 46.5 Å². The van der Waals surface area contributed by atoms with Crippen molar-refractivity contribution in [1.82, 2.24) is 26.3 Å². The first kappa shape index (κ1) is 39.2. The molecule has 0 bridgehead atoms. The van der Waals surface area contributed by atoms with Crippen LogP contribution in [0.2, 0.25) is 0 Å². The van der Waals surface area contributed by atoms with Crippen molar-refractivity contribution < 1.29 is 33.4 Å². The molecule has 0 aliphatic rings. The van der Waals surface area contributed by atoms with Crippen LogP contribution in [-0.2, 0) is 30.3 Å². The molecular formula is C37H50N6O7. The van der Waals surface area contributed by atoms with Gasteiger partial charge in [-0.25, -0.2) is 9.59 Å². The second-order valence-corrected chi connectivity index (χ2v) is 13.9. The number of carbonyl (C=O) groups excluding carboxylic acids is 5. The van der Waals surface area contributed by atoms with Crippen LogP contribution in [0.4, 0.5) is 15.3 Å². The molecule has 13 nitrogen and oxygen atoms in total. The summed E-state index contributed by atoms with van der Waals surface area (Å²) in [6.45, 7) is 12.1. The molecule has 0 saturated heterocycles. The summed E-state index contributed by atoms with van der Waals surface area (Å²) >= 11 is 0. The van der Waals surface area contributed by atoms with Gasteiger partial charge in [0.25, 0.3) is 0 Å². The fourth-order valence-corrected chi connectivity index (χ4v) is 4.81. The van der Waals surface area contributed by atoms with Crippen LogP contribution < -0.4 is 26.6 Å².